The zero-order valence-corrected chi connectivity index (χ0v) is 33.9. The fourth-order valence-corrected chi connectivity index (χ4v) is 10.6. The number of rotatable bonds is 11. The Morgan fingerprint density at radius 2 is 1.76 bits per heavy atom. The Hall–Kier alpha value is -5.00. The zero-order chi connectivity index (χ0) is 40.2. The summed E-state index contributed by atoms with van der Waals surface area (Å²) in [6, 6.07) is 7.63. The van der Waals surface area contributed by atoms with Crippen LogP contribution in [0.5, 0.6) is 11.5 Å². The Morgan fingerprint density at radius 3 is 2.50 bits per heavy atom. The maximum Gasteiger partial charge on any atom is 0.270 e. The number of carbonyl (C=O) groups is 1. The Morgan fingerprint density at radius 1 is 1.00 bits per heavy atom. The number of alkyl halides is 1. The van der Waals surface area contributed by atoms with Gasteiger partial charge in [-0.3, -0.25) is 4.79 Å². The third-order valence-corrected chi connectivity index (χ3v) is 14.4. The third-order valence-electron chi connectivity index (χ3n) is 13.1. The van der Waals surface area contributed by atoms with Crippen LogP contribution in [0.2, 0.25) is 0 Å². The summed E-state index contributed by atoms with van der Waals surface area (Å²) in [7, 11) is -4.55. The highest BCUT2D eigenvalue weighted by molar-refractivity contribution is 7.90. The molecule has 308 valence electrons. The molecular weight excluding hydrogens is 762 g/mol. The van der Waals surface area contributed by atoms with Gasteiger partial charge in [0.05, 0.1) is 29.4 Å². The summed E-state index contributed by atoms with van der Waals surface area (Å²) in [6.07, 6.45) is 14.0. The number of nitrogens with two attached hydrogens (primary N) is 1. The van der Waals surface area contributed by atoms with Gasteiger partial charge in [-0.25, -0.2) is 32.5 Å². The van der Waals surface area contributed by atoms with Crippen LogP contribution in [0, 0.1) is 5.41 Å². The van der Waals surface area contributed by atoms with E-state index in [-0.39, 0.29) is 39.5 Å². The molecule has 0 unspecified atom stereocenters. The molecule has 6 N–H and O–H groups in total. The number of fused-ring (bicyclic) bond motifs is 2. The number of nitrogen functional groups attached to an aromatic ring is 1. The molecule has 3 aliphatic heterocycles. The number of aromatic amines is 2. The van der Waals surface area contributed by atoms with E-state index in [9.17, 15) is 13.2 Å². The summed E-state index contributed by atoms with van der Waals surface area (Å²) in [6.45, 7) is 9.57. The Bertz CT molecular complexity index is 2420. The molecule has 1 saturated carbocycles. The minimum Gasteiger partial charge on any atom is -0.455 e. The number of ether oxygens (including phenoxy) is 1. The highest BCUT2D eigenvalue weighted by atomic mass is 32.2. The minimum absolute atomic E-state index is 0.00406. The van der Waals surface area contributed by atoms with Gasteiger partial charge in [-0.2, -0.15) is 0 Å². The molecule has 0 radical (unpaired) electrons. The van der Waals surface area contributed by atoms with Crippen molar-refractivity contribution < 1.29 is 22.3 Å². The summed E-state index contributed by atoms with van der Waals surface area (Å²) < 4.78 is 52.4. The summed E-state index contributed by atoms with van der Waals surface area (Å²) in [5.41, 5.74) is 6.69. The van der Waals surface area contributed by atoms with Crippen molar-refractivity contribution in [2.75, 3.05) is 61.8 Å². The van der Waals surface area contributed by atoms with Gasteiger partial charge in [-0.15, -0.1) is 0 Å². The second-order valence-corrected chi connectivity index (χ2v) is 18.7. The van der Waals surface area contributed by atoms with Gasteiger partial charge in [0.15, 0.2) is 0 Å². The van der Waals surface area contributed by atoms with Crippen molar-refractivity contribution in [3.05, 3.63) is 54.7 Å². The zero-order valence-electron chi connectivity index (χ0n) is 33.1. The molecule has 0 bridgehead atoms. The fourth-order valence-electron chi connectivity index (χ4n) is 9.47. The molecule has 1 amide bonds. The lowest BCUT2D eigenvalue weighted by molar-refractivity contribution is -0.00654. The van der Waals surface area contributed by atoms with E-state index in [4.69, 9.17) is 10.5 Å². The Labute approximate surface area is 337 Å². The van der Waals surface area contributed by atoms with Crippen LogP contribution in [0.1, 0.15) is 75.6 Å². The molecule has 1 aromatic carbocycles. The van der Waals surface area contributed by atoms with E-state index in [0.29, 0.717) is 66.3 Å². The second-order valence-electron chi connectivity index (χ2n) is 17.1. The number of imidazole rings is 1. The summed E-state index contributed by atoms with van der Waals surface area (Å²) in [5.74, 6) is 0.206. The number of nitrogens with zero attached hydrogens (tertiary/aromatic N) is 6. The highest BCUT2D eigenvalue weighted by Crippen LogP contribution is 2.52. The highest BCUT2D eigenvalue weighted by Gasteiger charge is 2.48. The van der Waals surface area contributed by atoms with Crippen molar-refractivity contribution in [1.82, 2.24) is 39.4 Å². The van der Waals surface area contributed by atoms with Gasteiger partial charge < -0.3 is 40.5 Å². The number of likely N-dealkylation sites (tertiary alicyclic amines) is 2. The van der Waals surface area contributed by atoms with Gasteiger partial charge in [0.1, 0.15) is 44.6 Å². The van der Waals surface area contributed by atoms with E-state index in [0.717, 1.165) is 31.3 Å². The molecule has 17 heteroatoms. The van der Waals surface area contributed by atoms with Crippen LogP contribution < -0.4 is 25.4 Å². The van der Waals surface area contributed by atoms with Crippen molar-refractivity contribution in [1.29, 1.82) is 0 Å². The van der Waals surface area contributed by atoms with E-state index in [1.807, 2.05) is 6.07 Å². The lowest BCUT2D eigenvalue weighted by Gasteiger charge is -2.55. The van der Waals surface area contributed by atoms with Gasteiger partial charge in [-0.1, -0.05) is 0 Å². The van der Waals surface area contributed by atoms with Gasteiger partial charge in [-0.05, 0) is 102 Å². The van der Waals surface area contributed by atoms with Crippen molar-refractivity contribution in [2.24, 2.45) is 5.41 Å². The first kappa shape index (κ1) is 38.5. The number of sulfonamides is 1. The first-order chi connectivity index (χ1) is 27.9. The van der Waals surface area contributed by atoms with Crippen LogP contribution in [-0.4, -0.2) is 113 Å². The topological polar surface area (TPSA) is 190 Å². The molecule has 4 fully saturated rings. The molecule has 3 saturated heterocycles. The lowest BCUT2D eigenvalue weighted by atomic mass is 9.60. The molecule has 9 rings (SSSR count). The van der Waals surface area contributed by atoms with Crippen LogP contribution in [0.4, 0.5) is 21.6 Å². The average molecular weight is 814 g/mol. The van der Waals surface area contributed by atoms with Gasteiger partial charge in [0.25, 0.3) is 15.9 Å². The summed E-state index contributed by atoms with van der Waals surface area (Å²) >= 11 is 0. The molecule has 1 spiro atoms. The molecule has 4 aromatic heterocycles. The van der Waals surface area contributed by atoms with E-state index < -0.39 is 21.6 Å². The molecule has 0 atom stereocenters. The molecule has 5 aromatic rings. The van der Waals surface area contributed by atoms with Gasteiger partial charge in [0, 0.05) is 68.7 Å². The number of anilines is 3. The molecule has 58 heavy (non-hydrogen) atoms. The number of halogens is 1. The third kappa shape index (κ3) is 7.43. The van der Waals surface area contributed by atoms with Crippen LogP contribution in [0.15, 0.2) is 54.1 Å². The van der Waals surface area contributed by atoms with E-state index in [2.05, 4.69) is 63.5 Å². The Balaban J connectivity index is 0.941. The van der Waals surface area contributed by atoms with Crippen molar-refractivity contribution >= 4 is 55.2 Å². The summed E-state index contributed by atoms with van der Waals surface area (Å²) in [4.78, 5) is 40.2. The maximum absolute atomic E-state index is 15.9. The van der Waals surface area contributed by atoms with Gasteiger partial charge in [0.2, 0.25) is 0 Å². The average Bonchev–Trinajstić information content (AvgIpc) is 3.99. The number of aromatic nitrogens is 5. The van der Waals surface area contributed by atoms with E-state index in [1.54, 1.807) is 24.5 Å². The SMILES string of the molecule is CC(C)N1CCC(F)(CNc2c(N)cc(S(=O)(=O)NC(=O)c3cnc(N4CCC5(CC4)CC(N4CCCC4)C5)cc3Oc3cnc4[nH]ccc4c3)c3nc[nH]c23)CC1. The number of H-pyrrole nitrogens is 2. The van der Waals surface area contributed by atoms with Crippen molar-refractivity contribution in [2.45, 2.75) is 87.9 Å². The number of amides is 1. The second kappa shape index (κ2) is 15.0. The minimum atomic E-state index is -4.55. The standard InChI is InChI=1S/C41H52FN11O4S/c1-26(2)51-15-8-41(42,9-16-51)24-47-35-31(43)18-33(36-37(35)49-25-48-36)58(55,56)50-39(54)30-23-45-34(19-32(30)57-29-17-27-5-10-44-38(27)46-22-29)53-13-6-40(7-14-53)20-28(21-40)52-11-3-4-12-52/h5,10,17-19,22-23,25-26,28,47H,3-4,6-9,11-16,20-21,24,43H2,1-2H3,(H,44,46)(H,48,49)(H,50,54). The molecule has 1 aliphatic carbocycles. The van der Waals surface area contributed by atoms with E-state index >= 15 is 4.39 Å². The first-order valence-corrected chi connectivity index (χ1v) is 22.0. The van der Waals surface area contributed by atoms with Gasteiger partial charge >= 0.3 is 0 Å². The molecule has 4 aliphatic rings. The first-order valence-electron chi connectivity index (χ1n) is 20.5. The molecule has 15 nitrogen and oxygen atoms in total. The van der Waals surface area contributed by atoms with Crippen LogP contribution in [0.25, 0.3) is 22.1 Å². The quantitative estimate of drug-likeness (QED) is 0.101. The van der Waals surface area contributed by atoms with Crippen molar-refractivity contribution in [3.63, 3.8) is 0 Å². The number of hydrogen-bond donors (Lipinski definition) is 5. The largest absolute Gasteiger partial charge is 0.455 e. The smallest absolute Gasteiger partial charge is 0.270 e. The maximum atomic E-state index is 15.9. The Kier molecular flexibility index (Phi) is 9.95. The molecule has 7 heterocycles. The lowest BCUT2D eigenvalue weighted by Crippen LogP contribution is -2.54. The molecular formula is C41H52FN11O4S. The number of hydrogen-bond acceptors (Lipinski definition) is 12. The van der Waals surface area contributed by atoms with Crippen LogP contribution >= 0.6 is 0 Å². The summed E-state index contributed by atoms with van der Waals surface area (Å²) in [5, 5.41) is 3.94. The number of pyridine rings is 2. The van der Waals surface area contributed by atoms with E-state index in [1.165, 1.54) is 57.4 Å². The number of nitrogens with one attached hydrogen (secondary N) is 4. The number of piperidine rings is 2. The predicted octanol–water partition coefficient (Wildman–Crippen LogP) is 5.80. The predicted molar refractivity (Wildman–Crippen MR) is 222 cm³/mol. The van der Waals surface area contributed by atoms with Crippen LogP contribution in [-0.2, 0) is 10.0 Å². The monoisotopic (exact) mass is 813 g/mol. The fraction of sp³-hybridized carbons (Fsp3) is 0.512. The number of benzene rings is 1. The van der Waals surface area contributed by atoms with Crippen LogP contribution in [0.3, 0.4) is 0 Å². The van der Waals surface area contributed by atoms with Crippen molar-refractivity contribution in [3.8, 4) is 11.5 Å². The number of carbonyl (C=O) groups excluding carboxylic acids is 1. The normalized spacial score (nSPS) is 20.2.